The van der Waals surface area contributed by atoms with Crippen molar-refractivity contribution in [1.82, 2.24) is 0 Å². The van der Waals surface area contributed by atoms with Crippen LogP contribution in [0, 0.1) is 6.92 Å². The normalized spacial score (nSPS) is 10.3. The Hall–Kier alpha value is -2.00. The largest absolute Gasteiger partial charge is 0.497 e. The van der Waals surface area contributed by atoms with Crippen LogP contribution in [0.25, 0.3) is 0 Å². The Bertz CT molecular complexity index is 532. The number of aliphatic hydroxyl groups excluding tert-OH is 1. The molecule has 0 aliphatic carbocycles. The summed E-state index contributed by atoms with van der Waals surface area (Å²) in [6, 6.07) is 13.5. The van der Waals surface area contributed by atoms with Crippen LogP contribution < -0.4 is 9.47 Å². The van der Waals surface area contributed by atoms with Gasteiger partial charge in [0.05, 0.1) is 13.7 Å². The smallest absolute Gasteiger partial charge is 0.128 e. The summed E-state index contributed by atoms with van der Waals surface area (Å²) in [6.45, 7) is 2.43. The van der Waals surface area contributed by atoms with Crippen molar-refractivity contribution in [3.8, 4) is 11.5 Å². The summed E-state index contributed by atoms with van der Waals surface area (Å²) in [4.78, 5) is 0. The van der Waals surface area contributed by atoms with E-state index in [0.717, 1.165) is 28.2 Å². The standard InChI is InChI=1S/C16H18O3/c1-12-4-3-5-14(10-17)16(12)19-11-13-6-8-15(18-2)9-7-13/h3-9,17H,10-11H2,1-2H3. The molecule has 19 heavy (non-hydrogen) atoms. The molecule has 0 amide bonds. The van der Waals surface area contributed by atoms with E-state index in [9.17, 15) is 5.11 Å². The lowest BCUT2D eigenvalue weighted by Crippen LogP contribution is -2.00. The van der Waals surface area contributed by atoms with E-state index in [1.807, 2.05) is 49.4 Å². The van der Waals surface area contributed by atoms with E-state index in [2.05, 4.69) is 0 Å². The first-order valence-electron chi connectivity index (χ1n) is 6.19. The molecule has 100 valence electrons. The Morgan fingerprint density at radius 2 is 1.79 bits per heavy atom. The molecular formula is C16H18O3. The molecule has 2 aromatic carbocycles. The summed E-state index contributed by atoms with van der Waals surface area (Å²) in [5.74, 6) is 1.59. The highest BCUT2D eigenvalue weighted by Gasteiger charge is 2.06. The summed E-state index contributed by atoms with van der Waals surface area (Å²) >= 11 is 0. The number of ether oxygens (including phenoxy) is 2. The first-order valence-corrected chi connectivity index (χ1v) is 6.19. The van der Waals surface area contributed by atoms with Crippen LogP contribution in [0.5, 0.6) is 11.5 Å². The van der Waals surface area contributed by atoms with Crippen LogP contribution in [-0.4, -0.2) is 12.2 Å². The van der Waals surface area contributed by atoms with Crippen molar-refractivity contribution in [2.75, 3.05) is 7.11 Å². The fourth-order valence-electron chi connectivity index (χ4n) is 1.92. The number of benzene rings is 2. The van der Waals surface area contributed by atoms with Crippen LogP contribution in [-0.2, 0) is 13.2 Å². The molecule has 0 spiro atoms. The van der Waals surface area contributed by atoms with Gasteiger partial charge in [0, 0.05) is 5.56 Å². The quantitative estimate of drug-likeness (QED) is 0.895. The topological polar surface area (TPSA) is 38.7 Å². The van der Waals surface area contributed by atoms with Crippen molar-refractivity contribution in [1.29, 1.82) is 0 Å². The number of hydrogen-bond acceptors (Lipinski definition) is 3. The minimum Gasteiger partial charge on any atom is -0.497 e. The molecule has 3 heteroatoms. The molecule has 3 nitrogen and oxygen atoms in total. The monoisotopic (exact) mass is 258 g/mol. The van der Waals surface area contributed by atoms with Crippen molar-refractivity contribution in [2.45, 2.75) is 20.1 Å². The average Bonchev–Trinajstić information content (AvgIpc) is 2.46. The molecule has 1 N–H and O–H groups in total. The van der Waals surface area contributed by atoms with E-state index < -0.39 is 0 Å². The van der Waals surface area contributed by atoms with Gasteiger partial charge in [0.1, 0.15) is 18.1 Å². The number of aryl methyl sites for hydroxylation is 1. The Kier molecular flexibility index (Phi) is 4.42. The molecule has 0 atom stereocenters. The third-order valence-corrected chi connectivity index (χ3v) is 3.01. The second kappa shape index (κ2) is 6.25. The zero-order valence-electron chi connectivity index (χ0n) is 11.2. The van der Waals surface area contributed by atoms with Crippen LogP contribution >= 0.6 is 0 Å². The Morgan fingerprint density at radius 1 is 1.05 bits per heavy atom. The van der Waals surface area contributed by atoms with Crippen LogP contribution in [0.15, 0.2) is 42.5 Å². The first kappa shape index (κ1) is 13.4. The molecule has 0 bridgehead atoms. The van der Waals surface area contributed by atoms with Gasteiger partial charge in [0.15, 0.2) is 0 Å². The summed E-state index contributed by atoms with van der Waals surface area (Å²) in [5.41, 5.74) is 2.90. The highest BCUT2D eigenvalue weighted by atomic mass is 16.5. The van der Waals surface area contributed by atoms with Crippen LogP contribution in [0.1, 0.15) is 16.7 Å². The SMILES string of the molecule is COc1ccc(COc2c(C)cccc2CO)cc1. The highest BCUT2D eigenvalue weighted by molar-refractivity contribution is 5.40. The molecule has 0 aliphatic rings. The summed E-state index contributed by atoms with van der Waals surface area (Å²) in [7, 11) is 1.65. The minimum absolute atomic E-state index is 0.0143. The predicted octanol–water partition coefficient (Wildman–Crippen LogP) is 3.07. The fraction of sp³-hybridized carbons (Fsp3) is 0.250. The van der Waals surface area contributed by atoms with Crippen LogP contribution in [0.3, 0.4) is 0 Å². The maximum atomic E-state index is 9.31. The number of hydrogen-bond donors (Lipinski definition) is 1. The summed E-state index contributed by atoms with van der Waals surface area (Å²) in [6.07, 6.45) is 0. The molecule has 0 aliphatic heterocycles. The van der Waals surface area contributed by atoms with Crippen molar-refractivity contribution < 1.29 is 14.6 Å². The van der Waals surface area contributed by atoms with Gasteiger partial charge in [0.25, 0.3) is 0 Å². The number of methoxy groups -OCH3 is 1. The first-order chi connectivity index (χ1) is 9.24. The van der Waals surface area contributed by atoms with Gasteiger partial charge < -0.3 is 14.6 Å². The Morgan fingerprint density at radius 3 is 2.42 bits per heavy atom. The van der Waals surface area contributed by atoms with Gasteiger partial charge >= 0.3 is 0 Å². The second-order valence-electron chi connectivity index (χ2n) is 4.36. The van der Waals surface area contributed by atoms with Gasteiger partial charge in [-0.2, -0.15) is 0 Å². The van der Waals surface area contributed by atoms with Gasteiger partial charge in [-0.3, -0.25) is 0 Å². The molecule has 0 fully saturated rings. The Balaban J connectivity index is 2.09. The minimum atomic E-state index is -0.0143. The number of rotatable bonds is 5. The van der Waals surface area contributed by atoms with E-state index in [1.165, 1.54) is 0 Å². The second-order valence-corrected chi connectivity index (χ2v) is 4.36. The van der Waals surface area contributed by atoms with Gasteiger partial charge in [0.2, 0.25) is 0 Å². The van der Waals surface area contributed by atoms with Crippen molar-refractivity contribution in [2.24, 2.45) is 0 Å². The van der Waals surface area contributed by atoms with Gasteiger partial charge in [-0.1, -0.05) is 30.3 Å². The molecule has 0 aromatic heterocycles. The van der Waals surface area contributed by atoms with Crippen molar-refractivity contribution >= 4 is 0 Å². The highest BCUT2D eigenvalue weighted by Crippen LogP contribution is 2.24. The van der Waals surface area contributed by atoms with Gasteiger partial charge in [-0.25, -0.2) is 0 Å². The van der Waals surface area contributed by atoms with Gasteiger partial charge in [-0.15, -0.1) is 0 Å². The number of aliphatic hydroxyl groups is 1. The maximum Gasteiger partial charge on any atom is 0.128 e. The molecule has 0 unspecified atom stereocenters. The molecule has 2 aromatic rings. The van der Waals surface area contributed by atoms with E-state index >= 15 is 0 Å². The lowest BCUT2D eigenvalue weighted by molar-refractivity contribution is 0.258. The summed E-state index contributed by atoms with van der Waals surface area (Å²) in [5, 5.41) is 9.31. The van der Waals surface area contributed by atoms with Crippen LogP contribution in [0.2, 0.25) is 0 Å². The summed E-state index contributed by atoms with van der Waals surface area (Å²) < 4.78 is 10.9. The van der Waals surface area contributed by atoms with E-state index in [4.69, 9.17) is 9.47 Å². The lowest BCUT2D eigenvalue weighted by Gasteiger charge is -2.13. The van der Waals surface area contributed by atoms with Crippen LogP contribution in [0.4, 0.5) is 0 Å². The number of para-hydroxylation sites is 1. The van der Waals surface area contributed by atoms with E-state index in [0.29, 0.717) is 6.61 Å². The van der Waals surface area contributed by atoms with Gasteiger partial charge in [-0.05, 0) is 30.2 Å². The molecule has 0 radical (unpaired) electrons. The zero-order valence-corrected chi connectivity index (χ0v) is 11.2. The van der Waals surface area contributed by atoms with Crippen molar-refractivity contribution in [3.63, 3.8) is 0 Å². The third kappa shape index (κ3) is 3.26. The average molecular weight is 258 g/mol. The molecule has 0 saturated carbocycles. The molecule has 0 saturated heterocycles. The maximum absolute atomic E-state index is 9.31. The third-order valence-electron chi connectivity index (χ3n) is 3.01. The lowest BCUT2D eigenvalue weighted by atomic mass is 10.1. The predicted molar refractivity (Wildman–Crippen MR) is 74.4 cm³/mol. The fourth-order valence-corrected chi connectivity index (χ4v) is 1.92. The molecule has 2 rings (SSSR count). The van der Waals surface area contributed by atoms with E-state index in [-0.39, 0.29) is 6.61 Å². The zero-order chi connectivity index (χ0) is 13.7. The van der Waals surface area contributed by atoms with Crippen molar-refractivity contribution in [3.05, 3.63) is 59.2 Å². The molecular weight excluding hydrogens is 240 g/mol. The molecule has 0 heterocycles. The van der Waals surface area contributed by atoms with E-state index in [1.54, 1.807) is 7.11 Å². The Labute approximate surface area is 113 Å².